The van der Waals surface area contributed by atoms with Gasteiger partial charge in [0.15, 0.2) is 0 Å². The number of ether oxygens (including phenoxy) is 1. The van der Waals surface area contributed by atoms with E-state index in [4.69, 9.17) is 16.3 Å². The molecule has 0 aromatic heterocycles. The zero-order valence-corrected chi connectivity index (χ0v) is 11.4. The van der Waals surface area contributed by atoms with Crippen LogP contribution < -0.4 is 10.2 Å². The van der Waals surface area contributed by atoms with Gasteiger partial charge in [0, 0.05) is 17.3 Å². The summed E-state index contributed by atoms with van der Waals surface area (Å²) in [5, 5.41) is 4.06. The second-order valence-corrected chi connectivity index (χ2v) is 5.64. The van der Waals surface area contributed by atoms with Crippen LogP contribution in [0.15, 0.2) is 24.3 Å². The topological polar surface area (TPSA) is 41.6 Å². The van der Waals surface area contributed by atoms with Gasteiger partial charge in [0.2, 0.25) is 0 Å². The molecule has 2 aliphatic rings. The quantitative estimate of drug-likeness (QED) is 0.853. The van der Waals surface area contributed by atoms with E-state index in [9.17, 15) is 4.79 Å². The van der Waals surface area contributed by atoms with E-state index in [1.165, 1.54) is 0 Å². The lowest BCUT2D eigenvalue weighted by atomic mass is 9.87. The smallest absolute Gasteiger partial charge is 0.253 e. The average Bonchev–Trinajstić information content (AvgIpc) is 2.42. The van der Waals surface area contributed by atoms with Crippen LogP contribution in [0.5, 0.6) is 0 Å². The van der Waals surface area contributed by atoms with Crippen LogP contribution in [-0.4, -0.2) is 37.7 Å². The standard InChI is InChI=1S/C14H17ClN2O2/c15-11-2-4-12(5-3-11)17-13(18)8-19-10-14(17)6-1-7-16-9-14/h2-5,16H,1,6-10H2. The molecule has 1 amide bonds. The van der Waals surface area contributed by atoms with Gasteiger partial charge in [-0.05, 0) is 43.7 Å². The number of anilines is 1. The molecule has 1 unspecified atom stereocenters. The number of nitrogens with one attached hydrogen (secondary N) is 1. The number of rotatable bonds is 1. The van der Waals surface area contributed by atoms with E-state index in [-0.39, 0.29) is 18.1 Å². The van der Waals surface area contributed by atoms with Gasteiger partial charge in [-0.3, -0.25) is 4.79 Å². The van der Waals surface area contributed by atoms with Crippen LogP contribution in [0.4, 0.5) is 5.69 Å². The van der Waals surface area contributed by atoms with Crippen molar-refractivity contribution in [1.29, 1.82) is 0 Å². The van der Waals surface area contributed by atoms with Gasteiger partial charge in [0.25, 0.3) is 5.91 Å². The Morgan fingerprint density at radius 2 is 2.11 bits per heavy atom. The first kappa shape index (κ1) is 12.9. The number of amides is 1. The Bertz CT molecular complexity index is 463. The molecule has 2 saturated heterocycles. The van der Waals surface area contributed by atoms with Crippen molar-refractivity contribution in [2.24, 2.45) is 0 Å². The van der Waals surface area contributed by atoms with Gasteiger partial charge >= 0.3 is 0 Å². The first-order chi connectivity index (χ1) is 9.21. The van der Waals surface area contributed by atoms with Crippen LogP contribution >= 0.6 is 11.6 Å². The fourth-order valence-electron chi connectivity index (χ4n) is 3.00. The van der Waals surface area contributed by atoms with Gasteiger partial charge in [-0.2, -0.15) is 0 Å². The molecule has 0 bridgehead atoms. The molecule has 3 rings (SSSR count). The molecular weight excluding hydrogens is 264 g/mol. The van der Waals surface area contributed by atoms with Gasteiger partial charge in [-0.1, -0.05) is 11.6 Å². The summed E-state index contributed by atoms with van der Waals surface area (Å²) in [6.07, 6.45) is 2.02. The molecule has 1 aromatic carbocycles. The third kappa shape index (κ3) is 2.36. The average molecular weight is 281 g/mol. The van der Waals surface area contributed by atoms with Crippen LogP contribution in [-0.2, 0) is 9.53 Å². The predicted octanol–water partition coefficient (Wildman–Crippen LogP) is 1.83. The van der Waals surface area contributed by atoms with Crippen molar-refractivity contribution in [2.75, 3.05) is 31.2 Å². The maximum Gasteiger partial charge on any atom is 0.253 e. The molecule has 1 N–H and O–H groups in total. The fourth-order valence-corrected chi connectivity index (χ4v) is 3.12. The number of halogens is 1. The lowest BCUT2D eigenvalue weighted by Gasteiger charge is -2.48. The highest BCUT2D eigenvalue weighted by Gasteiger charge is 2.44. The summed E-state index contributed by atoms with van der Waals surface area (Å²) in [7, 11) is 0. The maximum absolute atomic E-state index is 12.3. The van der Waals surface area contributed by atoms with E-state index in [2.05, 4.69) is 5.32 Å². The van der Waals surface area contributed by atoms with Crippen molar-refractivity contribution in [1.82, 2.24) is 5.32 Å². The Morgan fingerprint density at radius 3 is 2.79 bits per heavy atom. The van der Waals surface area contributed by atoms with Crippen molar-refractivity contribution < 1.29 is 9.53 Å². The van der Waals surface area contributed by atoms with Crippen molar-refractivity contribution in [2.45, 2.75) is 18.4 Å². The molecular formula is C14H17ClN2O2. The monoisotopic (exact) mass is 280 g/mol. The number of morpholine rings is 1. The summed E-state index contributed by atoms with van der Waals surface area (Å²) in [4.78, 5) is 14.2. The molecule has 2 heterocycles. The number of benzene rings is 1. The summed E-state index contributed by atoms with van der Waals surface area (Å²) >= 11 is 5.92. The molecule has 102 valence electrons. The minimum absolute atomic E-state index is 0.0253. The fraction of sp³-hybridized carbons (Fsp3) is 0.500. The molecule has 1 atom stereocenters. The summed E-state index contributed by atoms with van der Waals surface area (Å²) in [5.74, 6) is 0.0253. The van der Waals surface area contributed by atoms with Gasteiger partial charge in [0.05, 0.1) is 12.1 Å². The number of carbonyl (C=O) groups excluding carboxylic acids is 1. The Morgan fingerprint density at radius 1 is 1.32 bits per heavy atom. The Balaban J connectivity index is 1.97. The summed E-state index contributed by atoms with van der Waals surface area (Å²) < 4.78 is 5.49. The van der Waals surface area contributed by atoms with E-state index in [1.54, 1.807) is 0 Å². The van der Waals surface area contributed by atoms with Crippen molar-refractivity contribution in [3.8, 4) is 0 Å². The minimum Gasteiger partial charge on any atom is -0.369 e. The predicted molar refractivity (Wildman–Crippen MR) is 74.6 cm³/mol. The van der Waals surface area contributed by atoms with Crippen molar-refractivity contribution in [3.05, 3.63) is 29.3 Å². The lowest BCUT2D eigenvalue weighted by Crippen LogP contribution is -2.66. The second-order valence-electron chi connectivity index (χ2n) is 5.20. The molecule has 19 heavy (non-hydrogen) atoms. The van der Waals surface area contributed by atoms with E-state index in [1.807, 2.05) is 29.2 Å². The van der Waals surface area contributed by atoms with E-state index < -0.39 is 0 Å². The molecule has 2 aliphatic heterocycles. The molecule has 0 radical (unpaired) electrons. The largest absolute Gasteiger partial charge is 0.369 e. The van der Waals surface area contributed by atoms with Crippen LogP contribution in [0.1, 0.15) is 12.8 Å². The lowest BCUT2D eigenvalue weighted by molar-refractivity contribution is -0.130. The minimum atomic E-state index is -0.249. The second kappa shape index (κ2) is 5.12. The SMILES string of the molecule is O=C1COCC2(CCCNC2)N1c1ccc(Cl)cc1. The van der Waals surface area contributed by atoms with E-state index in [0.717, 1.165) is 31.6 Å². The number of nitrogens with zero attached hydrogens (tertiary/aromatic N) is 1. The first-order valence-corrected chi connectivity index (χ1v) is 6.96. The summed E-state index contributed by atoms with van der Waals surface area (Å²) in [5.41, 5.74) is 0.655. The third-order valence-corrected chi connectivity index (χ3v) is 4.11. The number of carbonyl (C=O) groups is 1. The number of piperidine rings is 1. The highest BCUT2D eigenvalue weighted by Crippen LogP contribution is 2.33. The van der Waals surface area contributed by atoms with Crippen LogP contribution in [0.3, 0.4) is 0 Å². The zero-order valence-electron chi connectivity index (χ0n) is 10.7. The maximum atomic E-state index is 12.3. The normalized spacial score (nSPS) is 27.8. The Labute approximate surface area is 117 Å². The molecule has 4 nitrogen and oxygen atoms in total. The van der Waals surface area contributed by atoms with Crippen molar-refractivity contribution in [3.63, 3.8) is 0 Å². The van der Waals surface area contributed by atoms with E-state index in [0.29, 0.717) is 11.6 Å². The van der Waals surface area contributed by atoms with Gasteiger partial charge in [-0.25, -0.2) is 0 Å². The molecule has 1 aromatic rings. The molecule has 0 aliphatic carbocycles. The number of hydrogen-bond donors (Lipinski definition) is 1. The Kier molecular flexibility index (Phi) is 3.48. The third-order valence-electron chi connectivity index (χ3n) is 3.85. The molecule has 0 saturated carbocycles. The van der Waals surface area contributed by atoms with Gasteiger partial charge in [-0.15, -0.1) is 0 Å². The molecule has 1 spiro atoms. The van der Waals surface area contributed by atoms with Crippen LogP contribution in [0, 0.1) is 0 Å². The Hall–Kier alpha value is -1.10. The zero-order chi connectivity index (χ0) is 13.3. The molecule has 2 fully saturated rings. The van der Waals surface area contributed by atoms with Crippen LogP contribution in [0.2, 0.25) is 5.02 Å². The van der Waals surface area contributed by atoms with E-state index >= 15 is 0 Å². The van der Waals surface area contributed by atoms with Crippen molar-refractivity contribution >= 4 is 23.2 Å². The highest BCUT2D eigenvalue weighted by atomic mass is 35.5. The summed E-state index contributed by atoms with van der Waals surface area (Å²) in [6, 6.07) is 7.46. The highest BCUT2D eigenvalue weighted by molar-refractivity contribution is 6.30. The summed E-state index contributed by atoms with van der Waals surface area (Å²) in [6.45, 7) is 2.53. The first-order valence-electron chi connectivity index (χ1n) is 6.58. The van der Waals surface area contributed by atoms with Gasteiger partial charge in [0.1, 0.15) is 6.61 Å². The van der Waals surface area contributed by atoms with Crippen LogP contribution in [0.25, 0.3) is 0 Å². The van der Waals surface area contributed by atoms with Gasteiger partial charge < -0.3 is 15.0 Å². The number of hydrogen-bond acceptors (Lipinski definition) is 3. The molecule has 5 heteroatoms.